The fraction of sp³-hybridized carbons (Fsp3) is 0.706. The van der Waals surface area contributed by atoms with Gasteiger partial charge in [-0.1, -0.05) is 0 Å². The summed E-state index contributed by atoms with van der Waals surface area (Å²) in [6, 6.07) is 0. The molecular weight excluding hydrogens is 310 g/mol. The molecule has 7 nitrogen and oxygen atoms in total. The zero-order valence-corrected chi connectivity index (χ0v) is 15.4. The lowest BCUT2D eigenvalue weighted by Gasteiger charge is -2.26. The van der Waals surface area contributed by atoms with E-state index in [1.54, 1.807) is 4.90 Å². The average molecular weight is 337 g/mol. The topological polar surface area (TPSA) is 73.7 Å². The van der Waals surface area contributed by atoms with Crippen LogP contribution in [0.3, 0.4) is 0 Å². The first kappa shape index (κ1) is 18.3. The highest BCUT2D eigenvalue weighted by molar-refractivity contribution is 5.72. The van der Waals surface area contributed by atoms with Gasteiger partial charge >= 0.3 is 12.2 Å². The lowest BCUT2D eigenvalue weighted by atomic mass is 10.2. The van der Waals surface area contributed by atoms with Gasteiger partial charge in [-0.05, 0) is 41.5 Å². The van der Waals surface area contributed by atoms with E-state index in [4.69, 9.17) is 9.47 Å². The number of hydrogen-bond acceptors (Lipinski definition) is 5. The maximum atomic E-state index is 12.3. The zero-order valence-electron chi connectivity index (χ0n) is 15.4. The highest BCUT2D eigenvalue weighted by Gasteiger charge is 2.28. The number of aromatic nitrogens is 2. The van der Waals surface area contributed by atoms with Crippen molar-refractivity contribution in [1.82, 2.24) is 14.5 Å². The maximum absolute atomic E-state index is 12.3. The van der Waals surface area contributed by atoms with Crippen molar-refractivity contribution >= 4 is 12.2 Å². The number of imidazole rings is 1. The van der Waals surface area contributed by atoms with Gasteiger partial charge in [-0.15, -0.1) is 0 Å². The highest BCUT2D eigenvalue weighted by atomic mass is 16.6. The number of amides is 1. The van der Waals surface area contributed by atoms with Gasteiger partial charge in [0.05, 0.1) is 11.4 Å². The number of nitrogens with zero attached hydrogens (tertiary/aromatic N) is 3. The third-order valence-electron chi connectivity index (χ3n) is 3.43. The summed E-state index contributed by atoms with van der Waals surface area (Å²) in [5.74, 6) is 0. The van der Waals surface area contributed by atoms with Crippen LogP contribution in [-0.4, -0.2) is 50.9 Å². The molecule has 0 N–H and O–H groups in total. The molecule has 0 saturated heterocycles. The number of ether oxygens (including phenoxy) is 2. The Labute approximate surface area is 142 Å². The molecule has 1 aromatic heterocycles. The predicted octanol–water partition coefficient (Wildman–Crippen LogP) is 3.00. The van der Waals surface area contributed by atoms with Gasteiger partial charge in [0.15, 0.2) is 0 Å². The number of carbonyl (C=O) groups is 2. The molecule has 0 unspecified atom stereocenters. The Morgan fingerprint density at radius 1 is 0.958 bits per heavy atom. The van der Waals surface area contributed by atoms with Gasteiger partial charge in [-0.2, -0.15) is 0 Å². The van der Waals surface area contributed by atoms with Crippen molar-refractivity contribution < 1.29 is 19.1 Å². The van der Waals surface area contributed by atoms with Crippen molar-refractivity contribution in [3.63, 3.8) is 0 Å². The normalized spacial score (nSPS) is 15.5. The summed E-state index contributed by atoms with van der Waals surface area (Å²) in [5.41, 5.74) is 0.532. The second kappa shape index (κ2) is 6.45. The van der Waals surface area contributed by atoms with Crippen molar-refractivity contribution in [1.29, 1.82) is 0 Å². The van der Waals surface area contributed by atoms with Crippen molar-refractivity contribution in [2.24, 2.45) is 0 Å². The smallest absolute Gasteiger partial charge is 0.420 e. The second-order valence-electron chi connectivity index (χ2n) is 7.96. The van der Waals surface area contributed by atoms with E-state index in [1.165, 1.54) is 10.9 Å². The van der Waals surface area contributed by atoms with Crippen molar-refractivity contribution in [2.45, 2.75) is 65.6 Å². The van der Waals surface area contributed by atoms with Gasteiger partial charge < -0.3 is 14.4 Å². The summed E-state index contributed by atoms with van der Waals surface area (Å²) in [6.45, 7) is 12.0. The minimum atomic E-state index is -0.568. The Morgan fingerprint density at radius 2 is 1.50 bits per heavy atom. The molecule has 0 radical (unpaired) electrons. The molecular formula is C17H27N3O4. The highest BCUT2D eigenvalue weighted by Crippen LogP contribution is 2.19. The van der Waals surface area contributed by atoms with Crippen molar-refractivity contribution in [2.75, 3.05) is 13.1 Å². The summed E-state index contributed by atoms with van der Waals surface area (Å²) in [6.07, 6.45) is 1.85. The molecule has 2 heterocycles. The number of carbonyl (C=O) groups excluding carboxylic acids is 2. The Kier molecular flexibility index (Phi) is 4.92. The monoisotopic (exact) mass is 337 g/mol. The molecule has 1 aliphatic heterocycles. The van der Waals surface area contributed by atoms with Crippen LogP contribution in [0.25, 0.3) is 0 Å². The molecule has 2 rings (SSSR count). The second-order valence-corrected chi connectivity index (χ2v) is 7.96. The predicted molar refractivity (Wildman–Crippen MR) is 89.1 cm³/mol. The van der Waals surface area contributed by atoms with E-state index in [1.807, 2.05) is 41.5 Å². The van der Waals surface area contributed by atoms with Crippen molar-refractivity contribution in [3.8, 4) is 0 Å². The van der Waals surface area contributed by atoms with E-state index < -0.39 is 17.3 Å². The van der Waals surface area contributed by atoms with Crippen LogP contribution in [-0.2, 0) is 22.3 Å². The molecule has 24 heavy (non-hydrogen) atoms. The van der Waals surface area contributed by atoms with Crippen molar-refractivity contribution in [3.05, 3.63) is 17.7 Å². The Morgan fingerprint density at radius 3 is 2.08 bits per heavy atom. The van der Waals surface area contributed by atoms with Crippen LogP contribution >= 0.6 is 0 Å². The van der Waals surface area contributed by atoms with E-state index in [9.17, 15) is 9.59 Å². The van der Waals surface area contributed by atoms with Crippen LogP contribution in [0.2, 0.25) is 0 Å². The molecule has 7 heteroatoms. The summed E-state index contributed by atoms with van der Waals surface area (Å²) in [5, 5.41) is 0. The molecule has 0 aromatic carbocycles. The van der Waals surface area contributed by atoms with Crippen LogP contribution in [0.4, 0.5) is 9.59 Å². The molecule has 1 aliphatic rings. The molecule has 0 aliphatic carbocycles. The quantitative estimate of drug-likeness (QED) is 0.727. The van der Waals surface area contributed by atoms with E-state index in [2.05, 4.69) is 4.98 Å². The largest absolute Gasteiger partial charge is 0.444 e. The summed E-state index contributed by atoms with van der Waals surface area (Å²) in [4.78, 5) is 30.5. The third kappa shape index (κ3) is 4.72. The lowest BCUT2D eigenvalue weighted by molar-refractivity contribution is 0.0258. The minimum absolute atomic E-state index is 0.337. The van der Waals surface area contributed by atoms with Gasteiger partial charge in [-0.3, -0.25) is 0 Å². The average Bonchev–Trinajstić information content (AvgIpc) is 2.67. The fourth-order valence-electron chi connectivity index (χ4n) is 2.46. The Bertz CT molecular complexity index is 623. The van der Waals surface area contributed by atoms with E-state index in [0.29, 0.717) is 25.9 Å². The third-order valence-corrected chi connectivity index (χ3v) is 3.43. The van der Waals surface area contributed by atoms with Gasteiger partial charge in [0.1, 0.15) is 17.5 Å². The maximum Gasteiger partial charge on any atom is 0.420 e. The zero-order chi connectivity index (χ0) is 18.1. The number of rotatable bonds is 0. The van der Waals surface area contributed by atoms with E-state index in [0.717, 1.165) is 11.4 Å². The first-order valence-corrected chi connectivity index (χ1v) is 8.23. The Balaban J connectivity index is 2.09. The molecule has 0 fully saturated rings. The van der Waals surface area contributed by atoms with Crippen LogP contribution in [0.15, 0.2) is 6.33 Å². The molecule has 1 aromatic rings. The fourth-order valence-corrected chi connectivity index (χ4v) is 2.46. The molecule has 0 bridgehead atoms. The Hall–Kier alpha value is -2.05. The first-order valence-electron chi connectivity index (χ1n) is 8.23. The van der Waals surface area contributed by atoms with Crippen LogP contribution < -0.4 is 0 Å². The summed E-state index contributed by atoms with van der Waals surface area (Å²) in [7, 11) is 0. The number of hydrogen-bond donors (Lipinski definition) is 0. The molecule has 0 saturated carbocycles. The molecule has 0 spiro atoms. The number of fused-ring (bicyclic) bond motifs is 1. The van der Waals surface area contributed by atoms with Gasteiger partial charge in [0, 0.05) is 25.9 Å². The molecule has 134 valence electrons. The van der Waals surface area contributed by atoms with E-state index >= 15 is 0 Å². The van der Waals surface area contributed by atoms with Gasteiger partial charge in [0.25, 0.3) is 0 Å². The van der Waals surface area contributed by atoms with Crippen LogP contribution in [0.1, 0.15) is 52.9 Å². The summed E-state index contributed by atoms with van der Waals surface area (Å²) >= 11 is 0. The van der Waals surface area contributed by atoms with E-state index in [-0.39, 0.29) is 6.09 Å². The SMILES string of the molecule is CC(C)(C)OC(=O)N1CCc2ncn(C(=O)OC(C)(C)C)c2CC1. The summed E-state index contributed by atoms with van der Waals surface area (Å²) < 4.78 is 12.3. The molecule has 1 amide bonds. The standard InChI is InChI=1S/C17H27N3O4/c1-16(2,3)23-14(21)19-9-7-12-13(8-10-19)20(11-18-12)15(22)24-17(4,5)6/h11H,7-10H2,1-6H3. The van der Waals surface area contributed by atoms with Gasteiger partial charge in [-0.25, -0.2) is 19.1 Å². The molecule has 0 atom stereocenters. The van der Waals surface area contributed by atoms with Gasteiger partial charge in [0.2, 0.25) is 0 Å². The minimum Gasteiger partial charge on any atom is -0.444 e. The first-order chi connectivity index (χ1) is 11.0. The van der Waals surface area contributed by atoms with Crippen LogP contribution in [0.5, 0.6) is 0 Å². The lowest BCUT2D eigenvalue weighted by Crippen LogP contribution is -2.38. The van der Waals surface area contributed by atoms with Crippen LogP contribution in [0, 0.1) is 0 Å².